The number of nitrogens with two attached hydrogens (primary N) is 1. The fourth-order valence-electron chi connectivity index (χ4n) is 8.96. The molecule has 0 saturated carbocycles. The van der Waals surface area contributed by atoms with Crippen molar-refractivity contribution in [1.82, 2.24) is 9.97 Å². The number of nitrogen functional groups attached to an aromatic ring is 1. The highest BCUT2D eigenvalue weighted by Gasteiger charge is 2.33. The van der Waals surface area contributed by atoms with Gasteiger partial charge in [-0.1, -0.05) is 11.6 Å². The molecule has 5 aromatic carbocycles. The first kappa shape index (κ1) is 59.3. The number of halogens is 1. The minimum absolute atomic E-state index is 0.0422. The number of nitrogens with zero attached hydrogens (tertiary/aromatic N) is 2. The van der Waals surface area contributed by atoms with Gasteiger partial charge in [-0.2, -0.15) is 0 Å². The molecule has 0 atom stereocenters. The number of Topliss-reactive ketones (excluding diaryl/α,β-unsaturated/α-hetero) is 3. The molecule has 5 aliphatic rings. The molecule has 3 N–H and O–H groups in total. The first-order valence-electron chi connectivity index (χ1n) is 25.4. The third-order valence-corrected chi connectivity index (χ3v) is 12.8. The van der Waals surface area contributed by atoms with Crippen LogP contribution in [0.3, 0.4) is 0 Å². The van der Waals surface area contributed by atoms with Crippen LogP contribution in [0.25, 0.3) is 21.8 Å². The van der Waals surface area contributed by atoms with E-state index in [9.17, 15) is 29.3 Å². The molecule has 12 rings (SSSR count). The summed E-state index contributed by atoms with van der Waals surface area (Å²) in [7, 11) is 7.58. The van der Waals surface area contributed by atoms with Gasteiger partial charge in [-0.25, -0.2) is 0 Å². The van der Waals surface area contributed by atoms with Crippen LogP contribution in [0.15, 0.2) is 65.7 Å². The largest absolute Gasteiger partial charge is 0.493 e. The van der Waals surface area contributed by atoms with E-state index >= 15 is 0 Å². The Bertz CT molecular complexity index is 3680. The molecule has 438 valence electrons. The van der Waals surface area contributed by atoms with Crippen molar-refractivity contribution in [3.05, 3.63) is 103 Å². The Morgan fingerprint density at radius 3 is 1.45 bits per heavy atom. The second-order valence-corrected chi connectivity index (χ2v) is 18.0. The average molecular weight is 1170 g/mol. The number of ether oxygens (including phenoxy) is 15. The summed E-state index contributed by atoms with van der Waals surface area (Å²) in [6.07, 6.45) is 3.25. The van der Waals surface area contributed by atoms with Crippen molar-refractivity contribution in [1.29, 1.82) is 0 Å². The van der Waals surface area contributed by atoms with E-state index in [1.54, 1.807) is 70.1 Å². The Balaban J connectivity index is 0.000000136. The van der Waals surface area contributed by atoms with Crippen LogP contribution in [0.5, 0.6) is 86.2 Å². The Kier molecular flexibility index (Phi) is 19.1. The van der Waals surface area contributed by atoms with Crippen LogP contribution in [0, 0.1) is 10.1 Å². The lowest BCUT2D eigenvalue weighted by atomic mass is 10.1. The average Bonchev–Trinajstić information content (AvgIpc) is 3.55. The monoisotopic (exact) mass is 1170 g/mol. The molecule has 7 aromatic rings. The summed E-state index contributed by atoms with van der Waals surface area (Å²) in [6.45, 7) is 8.39. The van der Waals surface area contributed by atoms with E-state index in [4.69, 9.17) is 88.4 Å². The fraction of sp³-hybridized carbons (Fsp3) is 0.316. The lowest BCUT2D eigenvalue weighted by Crippen LogP contribution is -2.19. The molecule has 0 spiro atoms. The molecule has 26 heteroatoms. The quantitative estimate of drug-likeness (QED) is 0.0592. The lowest BCUT2D eigenvalue weighted by molar-refractivity contribution is -0.385. The van der Waals surface area contributed by atoms with Gasteiger partial charge < -0.3 is 81.8 Å². The highest BCUT2D eigenvalue weighted by atomic mass is 35.5. The normalized spacial score (nSPS) is 13.5. The first-order chi connectivity index (χ1) is 40.1. The summed E-state index contributed by atoms with van der Waals surface area (Å²) >= 11 is 6.17. The molecule has 0 fully saturated rings. The number of anilines is 1. The highest BCUT2D eigenvalue weighted by molar-refractivity contribution is 6.36. The van der Waals surface area contributed by atoms with Gasteiger partial charge in [-0.15, -0.1) is 0 Å². The van der Waals surface area contributed by atoms with Gasteiger partial charge in [0.25, 0.3) is 5.69 Å². The van der Waals surface area contributed by atoms with Gasteiger partial charge in [0.2, 0.25) is 28.7 Å². The molecule has 7 heterocycles. The zero-order chi connectivity index (χ0) is 59.5. The summed E-state index contributed by atoms with van der Waals surface area (Å²) in [6, 6.07) is 12.9. The molecule has 25 nitrogen and oxygen atoms in total. The SMILES string of the molecule is COc1cc(N)c(C(C)=O)c2c1OCCO2.COc1cc([N+](=O)[O-])c(C(C)=O)c2c1OCCO2.COc1cc2[nH]ccc(=O)c2c2c1OCCO2.COc1cc2nccc(Cl)c2c2c1OCCO2.COc1ccc(C(C)=O)c2c1OCCO2. The molecule has 0 saturated heterocycles. The summed E-state index contributed by atoms with van der Waals surface area (Å²) in [5.41, 5.74) is 7.91. The molecule has 0 aliphatic carbocycles. The van der Waals surface area contributed by atoms with Gasteiger partial charge in [0, 0.05) is 36.7 Å². The van der Waals surface area contributed by atoms with Crippen LogP contribution >= 0.6 is 11.6 Å². The van der Waals surface area contributed by atoms with Crippen molar-refractivity contribution in [3.8, 4) is 86.2 Å². The fourth-order valence-corrected chi connectivity index (χ4v) is 9.20. The maximum absolute atomic E-state index is 11.9. The van der Waals surface area contributed by atoms with Crippen LogP contribution in [0.2, 0.25) is 5.02 Å². The smallest absolute Gasteiger partial charge is 0.287 e. The van der Waals surface area contributed by atoms with E-state index < -0.39 is 10.7 Å². The minimum atomic E-state index is -0.641. The zero-order valence-corrected chi connectivity index (χ0v) is 47.0. The van der Waals surface area contributed by atoms with E-state index in [2.05, 4.69) is 9.97 Å². The number of fused-ring (bicyclic) bond motifs is 9. The summed E-state index contributed by atoms with van der Waals surface area (Å²) in [5.74, 6) is 6.14. The number of aromatic amines is 1. The Labute approximate surface area is 478 Å². The molecule has 0 bridgehead atoms. The summed E-state index contributed by atoms with van der Waals surface area (Å²) < 4.78 is 80.4. The van der Waals surface area contributed by atoms with Gasteiger partial charge in [0.15, 0.2) is 80.3 Å². The highest BCUT2D eigenvalue weighted by Crippen LogP contribution is 2.49. The predicted molar refractivity (Wildman–Crippen MR) is 299 cm³/mol. The van der Waals surface area contributed by atoms with Crippen molar-refractivity contribution in [2.24, 2.45) is 0 Å². The number of rotatable bonds is 9. The molecule has 5 aliphatic heterocycles. The predicted octanol–water partition coefficient (Wildman–Crippen LogP) is 8.47. The van der Waals surface area contributed by atoms with Crippen molar-refractivity contribution in [3.63, 3.8) is 0 Å². The number of carbonyl (C=O) groups excluding carboxylic acids is 3. The Morgan fingerprint density at radius 1 is 0.530 bits per heavy atom. The second kappa shape index (κ2) is 26.7. The molecule has 2 aromatic heterocycles. The summed E-state index contributed by atoms with van der Waals surface area (Å²) in [4.78, 5) is 63.8. The molecular weight excluding hydrogens is 1110 g/mol. The topological polar surface area (TPSA) is 305 Å². The van der Waals surface area contributed by atoms with Crippen LogP contribution < -0.4 is 82.2 Å². The Hall–Kier alpha value is -9.78. The Morgan fingerprint density at radius 2 is 0.952 bits per heavy atom. The van der Waals surface area contributed by atoms with E-state index in [0.717, 1.165) is 10.9 Å². The van der Waals surface area contributed by atoms with Gasteiger partial charge in [-0.3, -0.25) is 34.3 Å². The maximum atomic E-state index is 11.9. The number of nitro groups is 1. The minimum Gasteiger partial charge on any atom is -0.493 e. The number of carbonyl (C=O) groups is 3. The number of aromatic nitrogens is 2. The standard InChI is InChI=1S/C12H10ClNO3.C12H11NO4.C11H11NO6.C11H13NO4.C11H12O4/c1-15-9-6-8-10(7(13)2-3-14-8)12-11(9)16-4-5-17-12;1-15-9-6-7-10(8(14)2-3-13-7)12-11(9)16-4-5-17-12;1-6(13)9-7(12(14)15)5-8(16-2)10-11(9)18-4-3-17-10;1-6(13)9-7(12)5-8(14-2)10-11(9)16-4-3-15-10;1-7(12)8-3-4-9(13-2)11-10(8)14-5-6-15-11/h2-3,6H,4-5H2,1H3;2-3,6H,4-5H2,1H3,(H,13,14);5H,3-4H2,1-2H3;5H,3-4,12H2,1-2H3;3-4H,5-6H2,1-2H3. The van der Waals surface area contributed by atoms with Crippen LogP contribution in [-0.2, 0) is 0 Å². The van der Waals surface area contributed by atoms with Gasteiger partial charge in [0.1, 0.15) is 71.6 Å². The number of pyridine rings is 2. The third-order valence-electron chi connectivity index (χ3n) is 12.5. The van der Waals surface area contributed by atoms with Crippen molar-refractivity contribution < 1.29 is 90.4 Å². The van der Waals surface area contributed by atoms with E-state index in [0.29, 0.717) is 161 Å². The van der Waals surface area contributed by atoms with Crippen molar-refractivity contribution in [2.45, 2.75) is 20.8 Å². The van der Waals surface area contributed by atoms with E-state index in [1.807, 2.05) is 0 Å². The maximum Gasteiger partial charge on any atom is 0.287 e. The summed E-state index contributed by atoms with van der Waals surface area (Å²) in [5, 5.41) is 12.8. The number of ketones is 3. The van der Waals surface area contributed by atoms with Gasteiger partial charge >= 0.3 is 0 Å². The van der Waals surface area contributed by atoms with Crippen LogP contribution in [0.1, 0.15) is 51.8 Å². The number of benzene rings is 5. The van der Waals surface area contributed by atoms with Gasteiger partial charge in [-0.05, 0) is 39.0 Å². The molecular formula is C57H57ClN4O21. The van der Waals surface area contributed by atoms with Crippen LogP contribution in [0.4, 0.5) is 11.4 Å². The third kappa shape index (κ3) is 12.6. The number of nitrogens with one attached hydrogen (secondary N) is 1. The second-order valence-electron chi connectivity index (χ2n) is 17.6. The number of nitro benzene ring substituents is 1. The molecule has 0 unspecified atom stereocenters. The van der Waals surface area contributed by atoms with Crippen molar-refractivity contribution in [2.75, 3.05) is 107 Å². The number of methoxy groups -OCH3 is 5. The first-order valence-corrected chi connectivity index (χ1v) is 25.7. The zero-order valence-electron chi connectivity index (χ0n) is 46.3. The van der Waals surface area contributed by atoms with Gasteiger partial charge in [0.05, 0.1) is 90.2 Å². The molecule has 83 heavy (non-hydrogen) atoms. The number of H-pyrrole nitrogens is 1. The molecule has 0 radical (unpaired) electrons. The molecule has 0 amide bonds. The van der Waals surface area contributed by atoms with E-state index in [-0.39, 0.29) is 52.1 Å². The number of hydrogen-bond acceptors (Lipinski definition) is 23. The van der Waals surface area contributed by atoms with Crippen LogP contribution in [-0.4, -0.2) is 134 Å². The number of hydrogen-bond donors (Lipinski definition) is 2. The van der Waals surface area contributed by atoms with Crippen molar-refractivity contribution >= 4 is 62.1 Å². The lowest BCUT2D eigenvalue weighted by Gasteiger charge is -2.23. The van der Waals surface area contributed by atoms with E-state index in [1.165, 1.54) is 47.1 Å².